The standard InChI is InChI=1S/C25H17N/c1-3-15-17-9-5-6-10-18(17)20-12-8-14-22-21-13-7-11-19-16(4-2)23(15)26(24(19)21)25(20)22/h3-14H,1H2,2H3/b16-4-. The molecule has 0 bridgehead atoms. The molecule has 0 saturated heterocycles. The minimum absolute atomic E-state index is 1.21. The van der Waals surface area contributed by atoms with Gasteiger partial charge in [0.1, 0.15) is 0 Å². The number of aromatic nitrogens is 1. The van der Waals surface area contributed by atoms with Gasteiger partial charge in [-0.2, -0.15) is 0 Å². The quantitative estimate of drug-likeness (QED) is 0.414. The Morgan fingerprint density at radius 2 is 1.38 bits per heavy atom. The largest absolute Gasteiger partial charge is 0.307 e. The Morgan fingerprint density at radius 3 is 2.15 bits per heavy atom. The summed E-state index contributed by atoms with van der Waals surface area (Å²) in [6, 6.07) is 22.1. The van der Waals surface area contributed by atoms with Crippen molar-refractivity contribution in [1.82, 2.24) is 4.40 Å². The highest BCUT2D eigenvalue weighted by molar-refractivity contribution is 6.19. The van der Waals surface area contributed by atoms with Crippen molar-refractivity contribution in [2.24, 2.45) is 0 Å². The van der Waals surface area contributed by atoms with Gasteiger partial charge in [0.15, 0.2) is 0 Å². The van der Waals surface area contributed by atoms with Crippen LogP contribution in [0.15, 0.2) is 73.3 Å². The van der Waals surface area contributed by atoms with Gasteiger partial charge in [0, 0.05) is 32.5 Å². The topological polar surface area (TPSA) is 4.41 Å². The molecule has 5 aromatic rings. The third-order valence-corrected chi connectivity index (χ3v) is 5.83. The summed E-state index contributed by atoms with van der Waals surface area (Å²) >= 11 is 0. The van der Waals surface area contributed by atoms with Gasteiger partial charge in [-0.1, -0.05) is 79.4 Å². The fourth-order valence-corrected chi connectivity index (χ4v) is 4.87. The maximum atomic E-state index is 4.18. The van der Waals surface area contributed by atoms with E-state index in [2.05, 4.69) is 84.6 Å². The van der Waals surface area contributed by atoms with E-state index in [1.807, 2.05) is 6.08 Å². The van der Waals surface area contributed by atoms with Crippen molar-refractivity contribution in [2.45, 2.75) is 6.92 Å². The van der Waals surface area contributed by atoms with Gasteiger partial charge in [-0.05, 0) is 18.1 Å². The van der Waals surface area contributed by atoms with Crippen molar-refractivity contribution in [3.63, 3.8) is 0 Å². The molecule has 122 valence electrons. The molecule has 1 nitrogen and oxygen atoms in total. The average molecular weight is 331 g/mol. The number of benzene rings is 3. The molecular formula is C25H17N. The molecule has 0 saturated carbocycles. The second-order valence-electron chi connectivity index (χ2n) is 6.95. The molecule has 0 spiro atoms. The molecule has 2 aromatic heterocycles. The summed E-state index contributed by atoms with van der Waals surface area (Å²) in [6.45, 7) is 6.31. The van der Waals surface area contributed by atoms with Crippen LogP contribution < -0.4 is 10.6 Å². The van der Waals surface area contributed by atoms with Gasteiger partial charge in [-0.3, -0.25) is 0 Å². The van der Waals surface area contributed by atoms with Gasteiger partial charge < -0.3 is 4.40 Å². The zero-order valence-electron chi connectivity index (χ0n) is 14.6. The number of rotatable bonds is 1. The predicted octanol–water partition coefficient (Wildman–Crippen LogP) is 4.85. The third kappa shape index (κ3) is 1.40. The van der Waals surface area contributed by atoms with Crippen molar-refractivity contribution in [3.05, 3.63) is 89.4 Å². The van der Waals surface area contributed by atoms with E-state index in [1.54, 1.807) is 0 Å². The SMILES string of the molecule is C=CC1=c2/c(=C\C)c3cccc4c5cccc(c5n2c34)-c2ccccc21. The van der Waals surface area contributed by atoms with Crippen molar-refractivity contribution in [1.29, 1.82) is 0 Å². The van der Waals surface area contributed by atoms with Crippen LogP contribution >= 0.6 is 0 Å². The number of hydrogen-bond donors (Lipinski definition) is 0. The van der Waals surface area contributed by atoms with Gasteiger partial charge in [0.25, 0.3) is 0 Å². The van der Waals surface area contributed by atoms with E-state index in [0.717, 1.165) is 0 Å². The van der Waals surface area contributed by atoms with Crippen LogP contribution in [0.2, 0.25) is 0 Å². The van der Waals surface area contributed by atoms with Crippen molar-refractivity contribution >= 4 is 38.8 Å². The summed E-state index contributed by atoms with van der Waals surface area (Å²) in [5.74, 6) is 0. The zero-order valence-corrected chi connectivity index (χ0v) is 14.6. The fraction of sp³-hybridized carbons (Fsp3) is 0.0400. The molecule has 3 heterocycles. The van der Waals surface area contributed by atoms with E-state index in [9.17, 15) is 0 Å². The molecule has 6 rings (SSSR count). The van der Waals surface area contributed by atoms with Gasteiger partial charge >= 0.3 is 0 Å². The highest BCUT2D eigenvalue weighted by atomic mass is 14.9. The molecule has 26 heavy (non-hydrogen) atoms. The van der Waals surface area contributed by atoms with Crippen LogP contribution in [0.25, 0.3) is 50.0 Å². The fourth-order valence-electron chi connectivity index (χ4n) is 4.87. The second-order valence-corrected chi connectivity index (χ2v) is 6.95. The first-order valence-corrected chi connectivity index (χ1v) is 9.05. The number of para-hydroxylation sites is 2. The molecular weight excluding hydrogens is 314 g/mol. The minimum Gasteiger partial charge on any atom is -0.307 e. The Bertz CT molecular complexity index is 1490. The summed E-state index contributed by atoms with van der Waals surface area (Å²) in [6.07, 6.45) is 4.26. The van der Waals surface area contributed by atoms with Crippen LogP contribution in [0.1, 0.15) is 12.5 Å². The van der Waals surface area contributed by atoms with E-state index in [0.29, 0.717) is 0 Å². The monoisotopic (exact) mass is 331 g/mol. The molecule has 1 aliphatic rings. The molecule has 3 aromatic carbocycles. The number of allylic oxidation sites excluding steroid dienone is 1. The van der Waals surface area contributed by atoms with E-state index in [1.165, 1.54) is 60.0 Å². The number of fused-ring (bicyclic) bond motifs is 3. The Balaban J connectivity index is 2.16. The summed E-state index contributed by atoms with van der Waals surface area (Å²) < 4.78 is 2.47. The molecule has 0 unspecified atom stereocenters. The van der Waals surface area contributed by atoms with Gasteiger partial charge in [-0.25, -0.2) is 0 Å². The van der Waals surface area contributed by atoms with Crippen LogP contribution in [-0.4, -0.2) is 4.40 Å². The zero-order chi connectivity index (χ0) is 17.4. The predicted molar refractivity (Wildman–Crippen MR) is 111 cm³/mol. The maximum Gasteiger partial charge on any atom is 0.0620 e. The second kappa shape index (κ2) is 4.64. The molecule has 0 N–H and O–H groups in total. The summed E-state index contributed by atoms with van der Waals surface area (Å²) in [4.78, 5) is 0. The number of hydrogen-bond acceptors (Lipinski definition) is 0. The average Bonchev–Trinajstić information content (AvgIpc) is 3.16. The summed E-state index contributed by atoms with van der Waals surface area (Å²) in [5.41, 5.74) is 7.68. The third-order valence-electron chi connectivity index (χ3n) is 5.83. The first-order chi connectivity index (χ1) is 12.8. The molecule has 1 aliphatic heterocycles. The van der Waals surface area contributed by atoms with E-state index in [4.69, 9.17) is 0 Å². The minimum atomic E-state index is 1.21. The summed E-state index contributed by atoms with van der Waals surface area (Å²) in [7, 11) is 0. The van der Waals surface area contributed by atoms with E-state index >= 15 is 0 Å². The Labute approximate surface area is 151 Å². The van der Waals surface area contributed by atoms with Gasteiger partial charge in [0.05, 0.1) is 16.4 Å². The smallest absolute Gasteiger partial charge is 0.0620 e. The first-order valence-electron chi connectivity index (χ1n) is 9.05. The van der Waals surface area contributed by atoms with Crippen LogP contribution in [-0.2, 0) is 0 Å². The summed E-state index contributed by atoms with van der Waals surface area (Å²) in [5, 5.41) is 6.54. The van der Waals surface area contributed by atoms with Crippen molar-refractivity contribution in [2.75, 3.05) is 0 Å². The highest BCUT2D eigenvalue weighted by Crippen LogP contribution is 2.40. The van der Waals surface area contributed by atoms with Crippen LogP contribution in [0.4, 0.5) is 0 Å². The van der Waals surface area contributed by atoms with Gasteiger partial charge in [0.2, 0.25) is 0 Å². The number of nitrogens with zero attached hydrogens (tertiary/aromatic N) is 1. The van der Waals surface area contributed by atoms with E-state index in [-0.39, 0.29) is 0 Å². The van der Waals surface area contributed by atoms with Crippen LogP contribution in [0.5, 0.6) is 0 Å². The Morgan fingerprint density at radius 1 is 0.731 bits per heavy atom. The molecule has 1 heteroatoms. The molecule has 0 atom stereocenters. The maximum absolute atomic E-state index is 4.18. The molecule has 0 amide bonds. The molecule has 0 aliphatic carbocycles. The van der Waals surface area contributed by atoms with Crippen molar-refractivity contribution < 1.29 is 0 Å². The Kier molecular flexibility index (Phi) is 2.49. The highest BCUT2D eigenvalue weighted by Gasteiger charge is 2.23. The lowest BCUT2D eigenvalue weighted by molar-refractivity contribution is 1.21. The molecule has 0 fully saturated rings. The normalized spacial score (nSPS) is 13.9. The lowest BCUT2D eigenvalue weighted by atomic mass is 9.94. The van der Waals surface area contributed by atoms with Crippen molar-refractivity contribution in [3.8, 4) is 11.1 Å². The van der Waals surface area contributed by atoms with Crippen LogP contribution in [0.3, 0.4) is 0 Å². The lowest BCUT2D eigenvalue weighted by Crippen LogP contribution is -2.28. The van der Waals surface area contributed by atoms with E-state index < -0.39 is 0 Å². The van der Waals surface area contributed by atoms with Gasteiger partial charge in [-0.15, -0.1) is 0 Å². The Hall–Kier alpha value is -3.32. The molecule has 0 radical (unpaired) electrons. The lowest BCUT2D eigenvalue weighted by Gasteiger charge is -2.09. The first kappa shape index (κ1) is 13.9. The van der Waals surface area contributed by atoms with Crippen LogP contribution in [0, 0.1) is 0 Å².